The van der Waals surface area contributed by atoms with Crippen LogP contribution in [0.15, 0.2) is 18.2 Å². The fourth-order valence-corrected chi connectivity index (χ4v) is 2.26. The highest BCUT2D eigenvalue weighted by Gasteiger charge is 2.30. The lowest BCUT2D eigenvalue weighted by Gasteiger charge is -2.37. The fraction of sp³-hybridized carbons (Fsp3) is 0.647. The van der Waals surface area contributed by atoms with E-state index in [1.165, 1.54) is 6.07 Å². The Morgan fingerprint density at radius 3 is 2.25 bits per heavy atom. The minimum atomic E-state index is -0.352. The standard InChI is InChI=1S/C17H27ClFN/c1-12(2)17(6,11-20-16(3,4)5)10-13-7-8-15(19)14(18)9-13/h7-9,12,20H,10-11H2,1-6H3. The molecule has 0 saturated carbocycles. The van der Waals surface area contributed by atoms with Gasteiger partial charge in [-0.2, -0.15) is 0 Å². The van der Waals surface area contributed by atoms with Gasteiger partial charge in [0.25, 0.3) is 0 Å². The number of benzene rings is 1. The van der Waals surface area contributed by atoms with Crippen molar-refractivity contribution in [1.82, 2.24) is 5.32 Å². The summed E-state index contributed by atoms with van der Waals surface area (Å²) in [6.07, 6.45) is 0.883. The summed E-state index contributed by atoms with van der Waals surface area (Å²) >= 11 is 5.88. The molecule has 0 aromatic heterocycles. The topological polar surface area (TPSA) is 12.0 Å². The maximum atomic E-state index is 13.3. The van der Waals surface area contributed by atoms with Crippen molar-refractivity contribution in [3.05, 3.63) is 34.6 Å². The van der Waals surface area contributed by atoms with Gasteiger partial charge in [-0.3, -0.25) is 0 Å². The van der Waals surface area contributed by atoms with E-state index in [4.69, 9.17) is 11.6 Å². The van der Waals surface area contributed by atoms with Gasteiger partial charge >= 0.3 is 0 Å². The summed E-state index contributed by atoms with van der Waals surface area (Å²) in [6, 6.07) is 5.03. The smallest absolute Gasteiger partial charge is 0.141 e. The molecular weight excluding hydrogens is 273 g/mol. The van der Waals surface area contributed by atoms with Gasteiger partial charge in [-0.15, -0.1) is 0 Å². The Kier molecular flexibility index (Phi) is 5.62. The van der Waals surface area contributed by atoms with Crippen LogP contribution in [0, 0.1) is 17.2 Å². The summed E-state index contributed by atoms with van der Waals surface area (Å²) in [5, 5.41) is 3.79. The predicted molar refractivity (Wildman–Crippen MR) is 85.8 cm³/mol. The summed E-state index contributed by atoms with van der Waals surface area (Å²) in [6.45, 7) is 14.2. The van der Waals surface area contributed by atoms with Crippen molar-refractivity contribution < 1.29 is 4.39 Å². The van der Waals surface area contributed by atoms with Gasteiger partial charge in [-0.1, -0.05) is 38.4 Å². The van der Waals surface area contributed by atoms with Gasteiger partial charge < -0.3 is 5.32 Å². The van der Waals surface area contributed by atoms with Crippen molar-refractivity contribution in [3.63, 3.8) is 0 Å². The van der Waals surface area contributed by atoms with E-state index in [1.54, 1.807) is 6.07 Å². The van der Waals surface area contributed by atoms with E-state index in [9.17, 15) is 4.39 Å². The summed E-state index contributed by atoms with van der Waals surface area (Å²) < 4.78 is 13.3. The Morgan fingerprint density at radius 2 is 1.80 bits per heavy atom. The Balaban J connectivity index is 2.88. The van der Waals surface area contributed by atoms with Crippen LogP contribution in [-0.4, -0.2) is 12.1 Å². The van der Waals surface area contributed by atoms with Crippen molar-refractivity contribution in [3.8, 4) is 0 Å². The van der Waals surface area contributed by atoms with Crippen LogP contribution >= 0.6 is 11.6 Å². The quantitative estimate of drug-likeness (QED) is 0.800. The van der Waals surface area contributed by atoms with E-state index in [0.717, 1.165) is 18.5 Å². The first-order chi connectivity index (χ1) is 9.03. The first-order valence-corrected chi connectivity index (χ1v) is 7.60. The Bertz CT molecular complexity index is 451. The molecule has 0 saturated heterocycles. The van der Waals surface area contributed by atoms with Crippen molar-refractivity contribution >= 4 is 11.6 Å². The third kappa shape index (κ3) is 5.06. The largest absolute Gasteiger partial charge is 0.312 e. The van der Waals surface area contributed by atoms with Crippen LogP contribution in [0.4, 0.5) is 4.39 Å². The third-order valence-electron chi connectivity index (χ3n) is 4.01. The van der Waals surface area contributed by atoms with Gasteiger partial charge in [0.1, 0.15) is 5.82 Å². The molecule has 0 aliphatic carbocycles. The first-order valence-electron chi connectivity index (χ1n) is 7.22. The SMILES string of the molecule is CC(C)C(C)(CNC(C)(C)C)Cc1ccc(F)c(Cl)c1. The van der Waals surface area contributed by atoms with Crippen molar-refractivity contribution in [2.75, 3.05) is 6.54 Å². The molecule has 0 aliphatic rings. The van der Waals surface area contributed by atoms with Crippen LogP contribution in [0.25, 0.3) is 0 Å². The van der Waals surface area contributed by atoms with E-state index in [0.29, 0.717) is 5.92 Å². The molecule has 0 radical (unpaired) electrons. The molecule has 0 fully saturated rings. The van der Waals surface area contributed by atoms with E-state index in [-0.39, 0.29) is 21.8 Å². The zero-order valence-corrected chi connectivity index (χ0v) is 14.2. The molecule has 0 spiro atoms. The third-order valence-corrected chi connectivity index (χ3v) is 4.30. The molecule has 3 heteroatoms. The second-order valence-electron chi connectivity index (χ2n) is 7.34. The predicted octanol–water partition coefficient (Wildman–Crippen LogP) is 5.07. The second kappa shape index (κ2) is 6.44. The first kappa shape index (κ1) is 17.5. The highest BCUT2D eigenvalue weighted by atomic mass is 35.5. The van der Waals surface area contributed by atoms with Crippen molar-refractivity contribution in [1.29, 1.82) is 0 Å². The van der Waals surface area contributed by atoms with Crippen LogP contribution < -0.4 is 5.32 Å². The summed E-state index contributed by atoms with van der Waals surface area (Å²) in [4.78, 5) is 0. The second-order valence-corrected chi connectivity index (χ2v) is 7.74. The van der Waals surface area contributed by atoms with Crippen molar-refractivity contribution in [2.45, 2.75) is 53.5 Å². The average Bonchev–Trinajstić information content (AvgIpc) is 2.30. The molecule has 0 amide bonds. The molecule has 0 aliphatic heterocycles. The highest BCUT2D eigenvalue weighted by molar-refractivity contribution is 6.30. The van der Waals surface area contributed by atoms with E-state index >= 15 is 0 Å². The Hall–Kier alpha value is -0.600. The normalized spacial score (nSPS) is 15.4. The van der Waals surface area contributed by atoms with Crippen LogP contribution in [0.3, 0.4) is 0 Å². The van der Waals surface area contributed by atoms with E-state index in [1.807, 2.05) is 6.07 Å². The lowest BCUT2D eigenvalue weighted by molar-refractivity contribution is 0.188. The molecule has 1 aromatic rings. The molecule has 0 heterocycles. The van der Waals surface area contributed by atoms with Gasteiger partial charge in [0.15, 0.2) is 0 Å². The molecule has 114 valence electrons. The zero-order chi connectivity index (χ0) is 15.6. The molecular formula is C17H27ClFN. The Morgan fingerprint density at radius 1 is 1.20 bits per heavy atom. The number of nitrogens with one attached hydrogen (secondary N) is 1. The van der Waals surface area contributed by atoms with Gasteiger partial charge in [-0.05, 0) is 56.2 Å². The number of hydrogen-bond acceptors (Lipinski definition) is 1. The van der Waals surface area contributed by atoms with Crippen LogP contribution in [0.2, 0.25) is 5.02 Å². The molecule has 1 rings (SSSR count). The van der Waals surface area contributed by atoms with Gasteiger partial charge in [-0.25, -0.2) is 4.39 Å². The lowest BCUT2D eigenvalue weighted by atomic mass is 9.74. The van der Waals surface area contributed by atoms with Gasteiger partial charge in [0.2, 0.25) is 0 Å². The number of rotatable bonds is 5. The van der Waals surface area contributed by atoms with Gasteiger partial charge in [0, 0.05) is 12.1 Å². The van der Waals surface area contributed by atoms with Crippen LogP contribution in [-0.2, 0) is 6.42 Å². The lowest BCUT2D eigenvalue weighted by Crippen LogP contribution is -2.45. The molecule has 0 bridgehead atoms. The molecule has 1 aromatic carbocycles. The molecule has 1 nitrogen and oxygen atoms in total. The minimum absolute atomic E-state index is 0.0938. The molecule has 1 atom stereocenters. The summed E-state index contributed by atoms with van der Waals surface area (Å²) in [7, 11) is 0. The molecule has 1 unspecified atom stereocenters. The van der Waals surface area contributed by atoms with Crippen LogP contribution in [0.5, 0.6) is 0 Å². The molecule has 20 heavy (non-hydrogen) atoms. The maximum Gasteiger partial charge on any atom is 0.141 e. The fourth-order valence-electron chi connectivity index (χ4n) is 2.05. The van der Waals surface area contributed by atoms with Crippen molar-refractivity contribution in [2.24, 2.45) is 11.3 Å². The maximum absolute atomic E-state index is 13.3. The van der Waals surface area contributed by atoms with E-state index < -0.39 is 0 Å². The summed E-state index contributed by atoms with van der Waals surface area (Å²) in [5.74, 6) is 0.163. The monoisotopic (exact) mass is 299 g/mol. The number of halogens is 2. The summed E-state index contributed by atoms with van der Waals surface area (Å²) in [5.41, 5.74) is 1.29. The highest BCUT2D eigenvalue weighted by Crippen LogP contribution is 2.32. The van der Waals surface area contributed by atoms with Crippen LogP contribution in [0.1, 0.15) is 47.1 Å². The minimum Gasteiger partial charge on any atom is -0.312 e. The zero-order valence-electron chi connectivity index (χ0n) is 13.5. The van der Waals surface area contributed by atoms with E-state index in [2.05, 4.69) is 46.9 Å². The average molecular weight is 300 g/mol. The molecule has 1 N–H and O–H groups in total. The van der Waals surface area contributed by atoms with Gasteiger partial charge in [0.05, 0.1) is 5.02 Å². The Labute approximate surface area is 127 Å². The number of hydrogen-bond donors (Lipinski definition) is 1.